The monoisotopic (exact) mass is 463 g/mol. The first-order valence-electron chi connectivity index (χ1n) is 9.84. The van der Waals surface area contributed by atoms with E-state index < -0.39 is 47.5 Å². The minimum absolute atomic E-state index is 0. The molecular weight excluding hydrogens is 440 g/mol. The van der Waals surface area contributed by atoms with E-state index in [4.69, 9.17) is 0 Å². The quantitative estimate of drug-likeness (QED) is 0.318. The summed E-state index contributed by atoms with van der Waals surface area (Å²) in [5.74, 6) is -1.95. The van der Waals surface area contributed by atoms with Gasteiger partial charge in [0.1, 0.15) is 5.41 Å². The molecule has 2 aromatic rings. The SMILES string of the molecule is CC1(C)C2CCC1(C(=O)Nc1ccc(C(=O)[PH](=O)c3ccccc3)cc1)C(=O)C2=O.[KH]. The van der Waals surface area contributed by atoms with Gasteiger partial charge in [-0.3, -0.25) is 19.2 Å². The number of Topliss-reactive ketones (excluding diaryl/α,β-unsaturated/α-hetero) is 2. The molecule has 4 rings (SSSR count). The third-order valence-corrected chi connectivity index (χ3v) is 8.30. The van der Waals surface area contributed by atoms with Gasteiger partial charge in [0.2, 0.25) is 23.0 Å². The number of ketones is 2. The Morgan fingerprint density at radius 3 is 2.16 bits per heavy atom. The van der Waals surface area contributed by atoms with Crippen molar-refractivity contribution in [1.29, 1.82) is 0 Å². The van der Waals surface area contributed by atoms with E-state index in [1.165, 1.54) is 12.1 Å². The van der Waals surface area contributed by atoms with Crippen molar-refractivity contribution in [2.45, 2.75) is 26.7 Å². The van der Waals surface area contributed by atoms with Crippen LogP contribution in [-0.2, 0) is 18.9 Å². The van der Waals surface area contributed by atoms with E-state index in [1.54, 1.807) is 56.3 Å². The van der Waals surface area contributed by atoms with E-state index >= 15 is 0 Å². The average molecular weight is 464 g/mol. The van der Waals surface area contributed by atoms with E-state index in [0.29, 0.717) is 23.8 Å². The molecule has 2 saturated carbocycles. The molecule has 3 atom stereocenters. The molecule has 0 heterocycles. The molecule has 0 spiro atoms. The molecule has 31 heavy (non-hydrogen) atoms. The molecule has 2 aromatic carbocycles. The van der Waals surface area contributed by atoms with Crippen LogP contribution >= 0.6 is 7.80 Å². The molecular formula is C23H23KNO5P. The van der Waals surface area contributed by atoms with Crippen LogP contribution in [0, 0.1) is 16.7 Å². The van der Waals surface area contributed by atoms with Crippen molar-refractivity contribution in [1.82, 2.24) is 0 Å². The van der Waals surface area contributed by atoms with Gasteiger partial charge in [-0.2, -0.15) is 0 Å². The summed E-state index contributed by atoms with van der Waals surface area (Å²) in [4.78, 5) is 50.5. The number of carbonyl (C=O) groups is 4. The zero-order valence-electron chi connectivity index (χ0n) is 16.7. The van der Waals surface area contributed by atoms with E-state index in [2.05, 4.69) is 5.32 Å². The zero-order chi connectivity index (χ0) is 21.7. The maximum absolute atomic E-state index is 13.1. The van der Waals surface area contributed by atoms with Gasteiger partial charge in [-0.05, 0) is 42.5 Å². The predicted octanol–water partition coefficient (Wildman–Crippen LogP) is 2.58. The van der Waals surface area contributed by atoms with Crippen LogP contribution in [0.3, 0.4) is 0 Å². The second kappa shape index (κ2) is 8.97. The summed E-state index contributed by atoms with van der Waals surface area (Å²) in [5, 5.41) is 3.23. The minimum atomic E-state index is -2.64. The Labute approximate surface area is 223 Å². The number of anilines is 1. The van der Waals surface area contributed by atoms with Crippen LogP contribution in [0.2, 0.25) is 0 Å². The third kappa shape index (κ3) is 3.79. The number of benzene rings is 2. The first-order chi connectivity index (χ1) is 14.2. The van der Waals surface area contributed by atoms with Crippen molar-refractivity contribution in [3.05, 3.63) is 60.2 Å². The predicted molar refractivity (Wildman–Crippen MR) is 121 cm³/mol. The van der Waals surface area contributed by atoms with Gasteiger partial charge in [-0.25, -0.2) is 0 Å². The summed E-state index contributed by atoms with van der Waals surface area (Å²) in [7, 11) is -2.64. The Hall–Kier alpha value is -1.21. The summed E-state index contributed by atoms with van der Waals surface area (Å²) in [5.41, 5.74) is -1.83. The Morgan fingerprint density at radius 1 is 1.00 bits per heavy atom. The molecule has 1 N–H and O–H groups in total. The molecule has 2 aliphatic rings. The summed E-state index contributed by atoms with van der Waals surface area (Å²) in [6.07, 6.45) is 0.892. The third-order valence-electron chi connectivity index (χ3n) is 6.74. The van der Waals surface area contributed by atoms with Gasteiger partial charge < -0.3 is 9.88 Å². The van der Waals surface area contributed by atoms with Crippen molar-refractivity contribution in [2.24, 2.45) is 16.7 Å². The second-order valence-corrected chi connectivity index (χ2v) is 10.2. The fourth-order valence-corrected chi connectivity index (χ4v) is 6.06. The van der Waals surface area contributed by atoms with Gasteiger partial charge in [0.15, 0.2) is 7.80 Å². The standard InChI is InChI=1S/C23H22NO5P.K.H/c1-22(2)17-12-13-23(22,19(26)18(17)25)21(28)24-15-10-8-14(9-11-15)20(27)30(29)16-6-4-3-5-7-16;;/h3-11,17,30H,12-13H2,1-2H3,(H,24,28);;. The Bertz CT molecular complexity index is 1100. The number of rotatable bonds is 5. The topological polar surface area (TPSA) is 97.4 Å². The van der Waals surface area contributed by atoms with Crippen LogP contribution in [0.4, 0.5) is 5.69 Å². The molecule has 6 nitrogen and oxygen atoms in total. The van der Waals surface area contributed by atoms with Crippen molar-refractivity contribution in [3.63, 3.8) is 0 Å². The summed E-state index contributed by atoms with van der Waals surface area (Å²) < 4.78 is 12.5. The van der Waals surface area contributed by atoms with Gasteiger partial charge in [-0.15, -0.1) is 0 Å². The van der Waals surface area contributed by atoms with Gasteiger partial charge in [0.05, 0.1) is 0 Å². The fraction of sp³-hybridized carbons (Fsp3) is 0.304. The molecule has 1 amide bonds. The van der Waals surface area contributed by atoms with Gasteiger partial charge >= 0.3 is 51.4 Å². The Balaban J connectivity index is 0.00000272. The first-order valence-corrected chi connectivity index (χ1v) is 11.3. The second-order valence-electron chi connectivity index (χ2n) is 8.47. The molecule has 2 bridgehead atoms. The van der Waals surface area contributed by atoms with E-state index in [9.17, 15) is 23.7 Å². The summed E-state index contributed by atoms with van der Waals surface area (Å²) in [6.45, 7) is 3.60. The maximum atomic E-state index is 13.1. The van der Waals surface area contributed by atoms with Crippen LogP contribution < -0.4 is 10.6 Å². The van der Waals surface area contributed by atoms with Gasteiger partial charge in [-0.1, -0.05) is 44.2 Å². The number of hydrogen-bond acceptors (Lipinski definition) is 5. The summed E-state index contributed by atoms with van der Waals surface area (Å²) in [6, 6.07) is 14.7. The van der Waals surface area contributed by atoms with Crippen molar-refractivity contribution < 1.29 is 23.7 Å². The van der Waals surface area contributed by atoms with Crippen molar-refractivity contribution >= 4 is 93.2 Å². The number of nitrogens with one attached hydrogen (secondary N) is 1. The van der Waals surface area contributed by atoms with Crippen LogP contribution in [0.1, 0.15) is 37.0 Å². The Kier molecular flexibility index (Phi) is 7.07. The van der Waals surface area contributed by atoms with Crippen molar-refractivity contribution in [3.8, 4) is 0 Å². The molecule has 3 unspecified atom stereocenters. The van der Waals surface area contributed by atoms with Crippen molar-refractivity contribution in [2.75, 3.05) is 5.32 Å². The van der Waals surface area contributed by atoms with Crippen LogP contribution in [0.25, 0.3) is 0 Å². The number of hydrogen-bond donors (Lipinski definition) is 1. The molecule has 8 heteroatoms. The Morgan fingerprint density at radius 2 is 1.61 bits per heavy atom. The molecule has 0 aliphatic heterocycles. The summed E-state index contributed by atoms with van der Waals surface area (Å²) >= 11 is 0. The number of carbonyl (C=O) groups excluding carboxylic acids is 4. The zero-order valence-corrected chi connectivity index (χ0v) is 17.7. The number of amides is 1. The average Bonchev–Trinajstić information content (AvgIpc) is 3.10. The van der Waals surface area contributed by atoms with E-state index in [1.807, 2.05) is 0 Å². The fourth-order valence-electron chi connectivity index (χ4n) is 4.88. The van der Waals surface area contributed by atoms with E-state index in [-0.39, 0.29) is 56.9 Å². The van der Waals surface area contributed by atoms with Gasteiger partial charge in [0, 0.05) is 22.5 Å². The molecule has 0 radical (unpaired) electrons. The molecule has 0 saturated heterocycles. The van der Waals surface area contributed by atoms with Gasteiger partial charge in [0.25, 0.3) is 0 Å². The van der Waals surface area contributed by atoms with E-state index in [0.717, 1.165) is 0 Å². The molecule has 156 valence electrons. The molecule has 2 aliphatic carbocycles. The van der Waals surface area contributed by atoms with Crippen LogP contribution in [0.5, 0.6) is 0 Å². The number of fused-ring (bicyclic) bond motifs is 2. The molecule has 2 fully saturated rings. The first kappa shape index (κ1) is 24.4. The van der Waals surface area contributed by atoms with Crippen LogP contribution in [0.15, 0.2) is 54.6 Å². The normalized spacial score (nSPS) is 24.4. The molecule has 0 aromatic heterocycles. The van der Waals surface area contributed by atoms with Crippen LogP contribution in [-0.4, -0.2) is 74.4 Å².